The van der Waals surface area contributed by atoms with Crippen molar-refractivity contribution in [2.45, 2.75) is 25.2 Å². The van der Waals surface area contributed by atoms with Crippen LogP contribution in [0.5, 0.6) is 0 Å². The summed E-state index contributed by atoms with van der Waals surface area (Å²) >= 11 is 3.47. The van der Waals surface area contributed by atoms with Crippen LogP contribution in [0.4, 0.5) is 0 Å². The first-order chi connectivity index (χ1) is 12.3. The molecule has 0 unspecified atom stereocenters. The first-order valence-electron chi connectivity index (χ1n) is 8.26. The predicted molar refractivity (Wildman–Crippen MR) is 99.9 cm³/mol. The van der Waals surface area contributed by atoms with E-state index in [1.165, 1.54) is 22.7 Å². The molecule has 25 heavy (non-hydrogen) atoms. The van der Waals surface area contributed by atoms with E-state index in [1.54, 1.807) is 22.7 Å². The van der Waals surface area contributed by atoms with Crippen molar-refractivity contribution < 1.29 is 4.52 Å². The van der Waals surface area contributed by atoms with Gasteiger partial charge in [-0.25, -0.2) is 4.98 Å². The molecule has 0 amide bonds. The molecule has 1 aromatic carbocycles. The van der Waals surface area contributed by atoms with Crippen molar-refractivity contribution >= 4 is 22.7 Å². The molecule has 5 rings (SSSR count). The Balaban J connectivity index is 1.35. The van der Waals surface area contributed by atoms with Crippen LogP contribution in [0.25, 0.3) is 22.6 Å². The van der Waals surface area contributed by atoms with Gasteiger partial charge in [0, 0.05) is 27.3 Å². The van der Waals surface area contributed by atoms with Crippen LogP contribution < -0.4 is 0 Å². The quantitative estimate of drug-likeness (QED) is 0.476. The van der Waals surface area contributed by atoms with E-state index < -0.39 is 0 Å². The number of nitrogens with zero attached hydrogens (tertiary/aromatic N) is 3. The summed E-state index contributed by atoms with van der Waals surface area (Å²) in [4.78, 5) is 10.5. The van der Waals surface area contributed by atoms with Crippen LogP contribution in [0.15, 0.2) is 51.7 Å². The molecule has 1 aliphatic rings. The van der Waals surface area contributed by atoms with Crippen LogP contribution in [0, 0.1) is 0 Å². The van der Waals surface area contributed by atoms with Gasteiger partial charge in [-0.05, 0) is 24.3 Å². The number of thiophene rings is 1. The summed E-state index contributed by atoms with van der Waals surface area (Å²) in [7, 11) is 0. The van der Waals surface area contributed by atoms with Gasteiger partial charge in [0.15, 0.2) is 0 Å². The Labute approximate surface area is 153 Å². The van der Waals surface area contributed by atoms with Crippen LogP contribution in [0.3, 0.4) is 0 Å². The fraction of sp³-hybridized carbons (Fsp3) is 0.211. The molecule has 0 radical (unpaired) electrons. The molecule has 0 aliphatic heterocycles. The third kappa shape index (κ3) is 3.15. The second-order valence-electron chi connectivity index (χ2n) is 6.19. The standard InChI is InChI=1S/C19H15N3OS2/c1-2-15(24-9-1)10-17-21-18(22-23-17)13-5-3-12(4-6-13)16-11-25-19(20-16)14-7-8-14/h1-6,9,11,14H,7-8,10H2. The SMILES string of the molecule is c1csc(Cc2nc(-c3ccc(-c4csc(C5CC5)n4)cc3)no2)c1. The maximum atomic E-state index is 5.38. The van der Waals surface area contributed by atoms with Crippen molar-refractivity contribution in [2.24, 2.45) is 0 Å². The second kappa shape index (κ2) is 6.20. The zero-order valence-corrected chi connectivity index (χ0v) is 15.0. The minimum absolute atomic E-state index is 0.634. The van der Waals surface area contributed by atoms with Crippen molar-refractivity contribution in [2.75, 3.05) is 0 Å². The lowest BCUT2D eigenvalue weighted by Gasteiger charge is -1.98. The minimum atomic E-state index is 0.634. The molecule has 0 bridgehead atoms. The molecule has 0 atom stereocenters. The van der Waals surface area contributed by atoms with Crippen molar-refractivity contribution in [3.05, 3.63) is 62.9 Å². The van der Waals surface area contributed by atoms with Gasteiger partial charge in [0.05, 0.1) is 17.1 Å². The van der Waals surface area contributed by atoms with Gasteiger partial charge < -0.3 is 4.52 Å². The lowest BCUT2D eigenvalue weighted by Crippen LogP contribution is -1.86. The lowest BCUT2D eigenvalue weighted by molar-refractivity contribution is 0.386. The summed E-state index contributed by atoms with van der Waals surface area (Å²) in [6, 6.07) is 12.3. The maximum absolute atomic E-state index is 5.38. The molecule has 3 aromatic heterocycles. The second-order valence-corrected chi connectivity index (χ2v) is 8.11. The summed E-state index contributed by atoms with van der Waals surface area (Å²) in [5.41, 5.74) is 3.15. The van der Waals surface area contributed by atoms with Gasteiger partial charge in [0.1, 0.15) is 0 Å². The molecule has 4 nitrogen and oxygen atoms in total. The molecule has 0 spiro atoms. The van der Waals surface area contributed by atoms with Crippen LogP contribution in [0.2, 0.25) is 0 Å². The van der Waals surface area contributed by atoms with E-state index in [2.05, 4.69) is 39.1 Å². The van der Waals surface area contributed by atoms with Gasteiger partial charge in [-0.1, -0.05) is 35.5 Å². The molecule has 1 saturated carbocycles. The average Bonchev–Trinajstić information content (AvgIpc) is 3.08. The Morgan fingerprint density at radius 1 is 1.00 bits per heavy atom. The van der Waals surface area contributed by atoms with Gasteiger partial charge in [-0.2, -0.15) is 4.98 Å². The van der Waals surface area contributed by atoms with Gasteiger partial charge in [-0.3, -0.25) is 0 Å². The van der Waals surface area contributed by atoms with Crippen molar-refractivity contribution in [1.29, 1.82) is 0 Å². The number of hydrogen-bond donors (Lipinski definition) is 0. The molecule has 0 N–H and O–H groups in total. The van der Waals surface area contributed by atoms with Gasteiger partial charge in [0.2, 0.25) is 11.7 Å². The lowest BCUT2D eigenvalue weighted by atomic mass is 10.1. The van der Waals surface area contributed by atoms with Crippen molar-refractivity contribution in [1.82, 2.24) is 15.1 Å². The fourth-order valence-electron chi connectivity index (χ4n) is 2.73. The first kappa shape index (κ1) is 15.0. The highest BCUT2D eigenvalue weighted by Gasteiger charge is 2.26. The summed E-state index contributed by atoms with van der Waals surface area (Å²) in [5, 5.41) is 9.59. The largest absolute Gasteiger partial charge is 0.339 e. The molecule has 0 saturated heterocycles. The third-order valence-electron chi connectivity index (χ3n) is 4.26. The van der Waals surface area contributed by atoms with Crippen LogP contribution in [-0.2, 0) is 6.42 Å². The van der Waals surface area contributed by atoms with E-state index >= 15 is 0 Å². The van der Waals surface area contributed by atoms with E-state index in [4.69, 9.17) is 9.51 Å². The number of benzene rings is 1. The smallest absolute Gasteiger partial charge is 0.232 e. The Morgan fingerprint density at radius 2 is 1.84 bits per heavy atom. The highest BCUT2D eigenvalue weighted by atomic mass is 32.1. The average molecular weight is 365 g/mol. The van der Waals surface area contributed by atoms with Gasteiger partial charge in [0.25, 0.3) is 0 Å². The number of rotatable bonds is 5. The van der Waals surface area contributed by atoms with Crippen molar-refractivity contribution in [3.8, 4) is 22.6 Å². The highest BCUT2D eigenvalue weighted by Crippen LogP contribution is 2.42. The van der Waals surface area contributed by atoms with Crippen LogP contribution in [-0.4, -0.2) is 15.1 Å². The first-order valence-corrected chi connectivity index (χ1v) is 10.0. The molecule has 4 aromatic rings. The Bertz CT molecular complexity index is 982. The highest BCUT2D eigenvalue weighted by molar-refractivity contribution is 7.10. The maximum Gasteiger partial charge on any atom is 0.232 e. The molecule has 6 heteroatoms. The summed E-state index contributed by atoms with van der Waals surface area (Å²) in [6.07, 6.45) is 3.26. The number of thiazole rings is 1. The van der Waals surface area contributed by atoms with Crippen molar-refractivity contribution in [3.63, 3.8) is 0 Å². The topological polar surface area (TPSA) is 51.8 Å². The summed E-state index contributed by atoms with van der Waals surface area (Å²) < 4.78 is 5.38. The normalized spacial score (nSPS) is 14.1. The van der Waals surface area contributed by atoms with E-state index in [1.807, 2.05) is 18.2 Å². The van der Waals surface area contributed by atoms with Crippen LogP contribution >= 0.6 is 22.7 Å². The van der Waals surface area contributed by atoms with Gasteiger partial charge in [-0.15, -0.1) is 22.7 Å². The molecule has 124 valence electrons. The third-order valence-corrected chi connectivity index (χ3v) is 6.14. The molecular formula is C19H15N3OS2. The fourth-order valence-corrected chi connectivity index (χ4v) is 4.43. The molecular weight excluding hydrogens is 350 g/mol. The number of hydrogen-bond acceptors (Lipinski definition) is 6. The predicted octanol–water partition coefficient (Wildman–Crippen LogP) is 5.39. The number of aromatic nitrogens is 3. The Kier molecular flexibility index (Phi) is 3.72. The van der Waals surface area contributed by atoms with Crippen LogP contribution in [0.1, 0.15) is 34.5 Å². The Morgan fingerprint density at radius 3 is 2.60 bits per heavy atom. The minimum Gasteiger partial charge on any atom is -0.339 e. The summed E-state index contributed by atoms with van der Waals surface area (Å²) in [5.74, 6) is 1.99. The zero-order valence-electron chi connectivity index (χ0n) is 13.4. The van der Waals surface area contributed by atoms with Gasteiger partial charge >= 0.3 is 0 Å². The van der Waals surface area contributed by atoms with E-state index in [-0.39, 0.29) is 0 Å². The monoisotopic (exact) mass is 365 g/mol. The van der Waals surface area contributed by atoms with E-state index in [0.29, 0.717) is 24.1 Å². The van der Waals surface area contributed by atoms with E-state index in [0.717, 1.165) is 16.8 Å². The molecule has 1 fully saturated rings. The Hall–Kier alpha value is -2.31. The van der Waals surface area contributed by atoms with E-state index in [9.17, 15) is 0 Å². The molecule has 3 heterocycles. The zero-order chi connectivity index (χ0) is 16.6. The molecule has 1 aliphatic carbocycles. The summed E-state index contributed by atoms with van der Waals surface area (Å²) in [6.45, 7) is 0.